The van der Waals surface area contributed by atoms with E-state index in [1.807, 2.05) is 41.5 Å². The normalized spacial score (nSPS) is 16.8. The quantitative estimate of drug-likeness (QED) is 0.282. The van der Waals surface area contributed by atoms with Gasteiger partial charge in [-0.1, -0.05) is 53.7 Å². The molecule has 4 aromatic rings. The second-order valence-electron chi connectivity index (χ2n) is 14.6. The third kappa shape index (κ3) is 7.53. The van der Waals surface area contributed by atoms with Crippen LogP contribution in [0.3, 0.4) is 0 Å². The van der Waals surface area contributed by atoms with Crippen LogP contribution >= 0.6 is 0 Å². The lowest BCUT2D eigenvalue weighted by molar-refractivity contribution is -0.120. The molecule has 0 bridgehead atoms. The Hall–Kier alpha value is -4.59. The van der Waals surface area contributed by atoms with Crippen LogP contribution in [-0.2, 0) is 36.7 Å². The predicted octanol–water partition coefficient (Wildman–Crippen LogP) is 5.60. The molecule has 0 aliphatic carbocycles. The molecule has 3 heterocycles. The molecule has 2 aromatic carbocycles. The largest absolute Gasteiger partial charge is 0.444 e. The van der Waals surface area contributed by atoms with Crippen molar-refractivity contribution in [3.63, 3.8) is 0 Å². The van der Waals surface area contributed by atoms with E-state index >= 15 is 0 Å². The first-order valence-electron chi connectivity index (χ1n) is 15.2. The molecule has 2 aromatic heterocycles. The minimum absolute atomic E-state index is 0.0221. The number of nitrogens with one attached hydrogen (secondary N) is 1. The van der Waals surface area contributed by atoms with Gasteiger partial charge >= 0.3 is 6.09 Å². The number of amides is 2. The lowest BCUT2D eigenvalue weighted by Gasteiger charge is -2.27. The van der Waals surface area contributed by atoms with Crippen molar-refractivity contribution in [1.29, 1.82) is 0 Å². The summed E-state index contributed by atoms with van der Waals surface area (Å²) in [7, 11) is -4.07. The number of carbonyl (C=O) groups is 2. The molecular formula is C33H40N6O7S. The van der Waals surface area contributed by atoms with Crippen molar-refractivity contribution < 1.29 is 31.6 Å². The highest BCUT2D eigenvalue weighted by Crippen LogP contribution is 2.36. The van der Waals surface area contributed by atoms with Crippen LogP contribution in [0.5, 0.6) is 0 Å². The number of alkyl carbamates (subject to hydrolysis) is 1. The van der Waals surface area contributed by atoms with Crippen LogP contribution in [0.25, 0.3) is 22.9 Å². The summed E-state index contributed by atoms with van der Waals surface area (Å²) in [5.41, 5.74) is 0.316. The summed E-state index contributed by atoms with van der Waals surface area (Å²) in [5, 5.41) is 19.1. The molecule has 0 spiro atoms. The lowest BCUT2D eigenvalue weighted by Crippen LogP contribution is -2.51. The zero-order valence-electron chi connectivity index (χ0n) is 28.0. The highest BCUT2D eigenvalue weighted by Gasteiger charge is 2.40. The van der Waals surface area contributed by atoms with E-state index in [1.54, 1.807) is 57.2 Å². The summed E-state index contributed by atoms with van der Waals surface area (Å²) in [6.45, 7) is 16.7. The fourth-order valence-electron chi connectivity index (χ4n) is 4.75. The first-order chi connectivity index (χ1) is 21.7. The summed E-state index contributed by atoms with van der Waals surface area (Å²) < 4.78 is 44.6. The van der Waals surface area contributed by atoms with Crippen LogP contribution in [0.4, 0.5) is 10.5 Å². The molecule has 0 radical (unpaired) electrons. The number of anilines is 1. The van der Waals surface area contributed by atoms with Crippen LogP contribution in [-0.4, -0.2) is 58.2 Å². The van der Waals surface area contributed by atoms with Gasteiger partial charge in [-0.15, -0.1) is 20.4 Å². The Morgan fingerprint density at radius 1 is 0.851 bits per heavy atom. The lowest BCUT2D eigenvalue weighted by atomic mass is 9.97. The Morgan fingerprint density at radius 3 is 1.89 bits per heavy atom. The summed E-state index contributed by atoms with van der Waals surface area (Å²) in [6, 6.07) is 10.3. The van der Waals surface area contributed by atoms with E-state index in [2.05, 4.69) is 25.7 Å². The van der Waals surface area contributed by atoms with E-state index < -0.39 is 44.6 Å². The Bertz CT molecular complexity index is 1910. The standard InChI is InChI=1S/C33H40N6O7S/c1-31(2,3)28-37-35-25(44-28)20-12-10-19(11-13-20)17-39-23-16-21(26-36-38-29(45-26)32(4,5)6)14-15-24(23)47(42,43)18-22(27(39)40)34-30(41)46-33(7,8)9/h10-16,22H,17-18H2,1-9H3,(H,34,41)/t22-/m0/s1. The maximum absolute atomic E-state index is 14.2. The average Bonchev–Trinajstić information content (AvgIpc) is 3.64. The number of hydrogen-bond donors (Lipinski definition) is 1. The molecule has 0 saturated carbocycles. The van der Waals surface area contributed by atoms with Crippen LogP contribution < -0.4 is 10.2 Å². The number of aromatic nitrogens is 4. The molecule has 1 N–H and O–H groups in total. The third-order valence-electron chi connectivity index (χ3n) is 7.15. The van der Waals surface area contributed by atoms with Gasteiger partial charge in [0.1, 0.15) is 11.6 Å². The molecular weight excluding hydrogens is 624 g/mol. The van der Waals surface area contributed by atoms with Gasteiger partial charge in [-0.05, 0) is 56.7 Å². The highest BCUT2D eigenvalue weighted by molar-refractivity contribution is 7.91. The van der Waals surface area contributed by atoms with Gasteiger partial charge < -0.3 is 23.8 Å². The first-order valence-corrected chi connectivity index (χ1v) is 16.8. The van der Waals surface area contributed by atoms with Gasteiger partial charge in [0, 0.05) is 22.0 Å². The fraction of sp³-hybridized carbons (Fsp3) is 0.455. The van der Waals surface area contributed by atoms with E-state index in [1.165, 1.54) is 11.0 Å². The van der Waals surface area contributed by atoms with Gasteiger partial charge in [0.25, 0.3) is 5.91 Å². The molecule has 13 nitrogen and oxygen atoms in total. The van der Waals surface area contributed by atoms with Crippen LogP contribution in [0.1, 0.15) is 79.7 Å². The van der Waals surface area contributed by atoms with Crippen LogP contribution in [0.2, 0.25) is 0 Å². The van der Waals surface area contributed by atoms with E-state index in [0.29, 0.717) is 34.4 Å². The highest BCUT2D eigenvalue weighted by atomic mass is 32.2. The van der Waals surface area contributed by atoms with Crippen molar-refractivity contribution in [2.24, 2.45) is 0 Å². The number of ether oxygens (including phenoxy) is 1. The minimum Gasteiger partial charge on any atom is -0.444 e. The topological polar surface area (TPSA) is 171 Å². The number of benzene rings is 2. The fourth-order valence-corrected chi connectivity index (χ4v) is 6.36. The Labute approximate surface area is 274 Å². The van der Waals surface area contributed by atoms with Crippen molar-refractivity contribution in [2.75, 3.05) is 10.7 Å². The van der Waals surface area contributed by atoms with Crippen molar-refractivity contribution in [3.05, 3.63) is 59.8 Å². The van der Waals surface area contributed by atoms with Gasteiger partial charge in [0.15, 0.2) is 9.84 Å². The number of fused-ring (bicyclic) bond motifs is 1. The van der Waals surface area contributed by atoms with Gasteiger partial charge in [-0.25, -0.2) is 13.2 Å². The van der Waals surface area contributed by atoms with Gasteiger partial charge in [0.2, 0.25) is 23.6 Å². The monoisotopic (exact) mass is 664 g/mol. The predicted molar refractivity (Wildman–Crippen MR) is 173 cm³/mol. The van der Waals surface area contributed by atoms with E-state index in [4.69, 9.17) is 13.6 Å². The van der Waals surface area contributed by atoms with Crippen molar-refractivity contribution >= 4 is 27.5 Å². The van der Waals surface area contributed by atoms with Crippen molar-refractivity contribution in [2.45, 2.75) is 96.2 Å². The summed E-state index contributed by atoms with van der Waals surface area (Å²) in [4.78, 5) is 28.2. The molecule has 1 atom stereocenters. The van der Waals surface area contributed by atoms with Gasteiger partial charge in [-0.3, -0.25) is 4.79 Å². The summed E-state index contributed by atoms with van der Waals surface area (Å²) >= 11 is 0. The number of nitrogens with zero attached hydrogens (tertiary/aromatic N) is 5. The number of hydrogen-bond acceptors (Lipinski definition) is 11. The molecule has 2 amide bonds. The first kappa shape index (κ1) is 33.8. The molecule has 0 unspecified atom stereocenters. The number of rotatable bonds is 5. The molecule has 1 aliphatic rings. The van der Waals surface area contributed by atoms with E-state index in [-0.39, 0.29) is 28.4 Å². The van der Waals surface area contributed by atoms with Crippen LogP contribution in [0, 0.1) is 0 Å². The Kier molecular flexibility index (Phi) is 8.54. The second kappa shape index (κ2) is 11.9. The van der Waals surface area contributed by atoms with Crippen LogP contribution in [0.15, 0.2) is 56.2 Å². The van der Waals surface area contributed by atoms with Crippen molar-refractivity contribution in [1.82, 2.24) is 25.7 Å². The molecule has 0 saturated heterocycles. The second-order valence-corrected chi connectivity index (χ2v) is 16.6. The Balaban J connectivity index is 1.55. The Morgan fingerprint density at radius 2 is 1.38 bits per heavy atom. The molecule has 47 heavy (non-hydrogen) atoms. The third-order valence-corrected chi connectivity index (χ3v) is 8.94. The number of sulfone groups is 1. The maximum atomic E-state index is 14.2. The summed E-state index contributed by atoms with van der Waals surface area (Å²) in [5.74, 6) is 0.139. The smallest absolute Gasteiger partial charge is 0.408 e. The molecule has 1 aliphatic heterocycles. The average molecular weight is 665 g/mol. The van der Waals surface area contributed by atoms with Gasteiger partial charge in [0.05, 0.1) is 22.9 Å². The number of carbonyl (C=O) groups excluding carboxylic acids is 2. The van der Waals surface area contributed by atoms with E-state index in [0.717, 1.165) is 0 Å². The molecule has 14 heteroatoms. The molecule has 250 valence electrons. The maximum Gasteiger partial charge on any atom is 0.408 e. The minimum atomic E-state index is -4.07. The summed E-state index contributed by atoms with van der Waals surface area (Å²) in [6.07, 6.45) is -0.906. The van der Waals surface area contributed by atoms with E-state index in [9.17, 15) is 18.0 Å². The van der Waals surface area contributed by atoms with Crippen molar-refractivity contribution in [3.8, 4) is 22.9 Å². The molecule has 0 fully saturated rings. The zero-order chi connectivity index (χ0) is 34.5. The molecule has 5 rings (SSSR count). The van der Waals surface area contributed by atoms with Gasteiger partial charge in [-0.2, -0.15) is 0 Å². The zero-order valence-corrected chi connectivity index (χ0v) is 28.9. The SMILES string of the molecule is CC(C)(C)OC(=O)N[C@H]1CS(=O)(=O)c2ccc(-c3nnc(C(C)(C)C)o3)cc2N(Cc2ccc(-c3nnc(C(C)(C)C)o3)cc2)C1=O.